The summed E-state index contributed by atoms with van der Waals surface area (Å²) in [6.45, 7) is 0. The maximum absolute atomic E-state index is 12.6. The van der Waals surface area contributed by atoms with Gasteiger partial charge in [-0.25, -0.2) is 13.1 Å². The van der Waals surface area contributed by atoms with Crippen LogP contribution in [0.15, 0.2) is 102 Å². The zero-order valence-electron chi connectivity index (χ0n) is 16.0. The third-order valence-electron chi connectivity index (χ3n) is 4.50. The molecular formula is C23H19N3O3S. The molecule has 0 aliphatic rings. The van der Waals surface area contributed by atoms with Crippen LogP contribution in [0, 0.1) is 0 Å². The summed E-state index contributed by atoms with van der Waals surface area (Å²) in [5, 5.41) is 7.11. The number of benzene rings is 3. The SMILES string of the molecule is O=C(Nc1ccn(-c2ccccc2)n1)c1cccc(CS(=O)(=O)c2ccccc2)c1. The van der Waals surface area contributed by atoms with Gasteiger partial charge in [0, 0.05) is 17.8 Å². The molecule has 1 aromatic heterocycles. The predicted molar refractivity (Wildman–Crippen MR) is 115 cm³/mol. The van der Waals surface area contributed by atoms with Gasteiger partial charge in [0.15, 0.2) is 15.7 Å². The number of rotatable bonds is 6. The Morgan fingerprint density at radius 2 is 1.57 bits per heavy atom. The first-order valence-corrected chi connectivity index (χ1v) is 11.0. The summed E-state index contributed by atoms with van der Waals surface area (Å²) in [4.78, 5) is 12.9. The molecule has 0 aliphatic heterocycles. The van der Waals surface area contributed by atoms with E-state index < -0.39 is 9.84 Å². The third-order valence-corrected chi connectivity index (χ3v) is 6.20. The lowest BCUT2D eigenvalue weighted by molar-refractivity contribution is 0.102. The van der Waals surface area contributed by atoms with Gasteiger partial charge < -0.3 is 5.32 Å². The van der Waals surface area contributed by atoms with Crippen LogP contribution in [0.4, 0.5) is 5.82 Å². The van der Waals surface area contributed by atoms with Crippen molar-refractivity contribution in [3.05, 3.63) is 108 Å². The molecular weight excluding hydrogens is 398 g/mol. The van der Waals surface area contributed by atoms with Crippen molar-refractivity contribution in [2.45, 2.75) is 10.6 Å². The van der Waals surface area contributed by atoms with Crippen molar-refractivity contribution in [2.75, 3.05) is 5.32 Å². The summed E-state index contributed by atoms with van der Waals surface area (Å²) < 4.78 is 26.9. The largest absolute Gasteiger partial charge is 0.305 e. The number of sulfone groups is 1. The van der Waals surface area contributed by atoms with Gasteiger partial charge >= 0.3 is 0 Å². The first-order valence-electron chi connectivity index (χ1n) is 9.30. The number of nitrogens with zero attached hydrogens (tertiary/aromatic N) is 2. The van der Waals surface area contributed by atoms with Gasteiger partial charge in [0.2, 0.25) is 0 Å². The maximum atomic E-state index is 12.6. The molecule has 0 atom stereocenters. The van der Waals surface area contributed by atoms with Crippen molar-refractivity contribution in [3.8, 4) is 5.69 Å². The Bertz CT molecular complexity index is 1270. The summed E-state index contributed by atoms with van der Waals surface area (Å²) in [6, 6.07) is 26.1. The predicted octanol–water partition coefficient (Wildman–Crippen LogP) is 4.10. The normalized spacial score (nSPS) is 11.2. The highest BCUT2D eigenvalue weighted by atomic mass is 32.2. The van der Waals surface area contributed by atoms with Gasteiger partial charge in [0.25, 0.3) is 5.91 Å². The second-order valence-electron chi connectivity index (χ2n) is 6.71. The van der Waals surface area contributed by atoms with E-state index in [1.165, 1.54) is 0 Å². The van der Waals surface area contributed by atoms with Gasteiger partial charge in [-0.2, -0.15) is 5.10 Å². The van der Waals surface area contributed by atoms with Crippen molar-refractivity contribution < 1.29 is 13.2 Å². The summed E-state index contributed by atoms with van der Waals surface area (Å²) in [6.07, 6.45) is 1.76. The fraction of sp³-hybridized carbons (Fsp3) is 0.0435. The minimum absolute atomic E-state index is 0.180. The van der Waals surface area contributed by atoms with Gasteiger partial charge in [-0.3, -0.25) is 4.79 Å². The molecule has 0 saturated heterocycles. The van der Waals surface area contributed by atoms with Crippen LogP contribution >= 0.6 is 0 Å². The molecule has 1 amide bonds. The van der Waals surface area contributed by atoms with Crippen LogP contribution in [0.5, 0.6) is 0 Å². The number of carbonyl (C=O) groups excluding carboxylic acids is 1. The van der Waals surface area contributed by atoms with E-state index in [9.17, 15) is 13.2 Å². The van der Waals surface area contributed by atoms with Gasteiger partial charge in [0.1, 0.15) is 0 Å². The van der Waals surface area contributed by atoms with E-state index in [-0.39, 0.29) is 16.6 Å². The lowest BCUT2D eigenvalue weighted by Crippen LogP contribution is -2.13. The molecule has 1 N–H and O–H groups in total. The molecule has 30 heavy (non-hydrogen) atoms. The lowest BCUT2D eigenvalue weighted by Gasteiger charge is -2.07. The van der Waals surface area contributed by atoms with Crippen LogP contribution < -0.4 is 5.32 Å². The van der Waals surface area contributed by atoms with Crippen LogP contribution in [0.25, 0.3) is 5.69 Å². The molecule has 0 fully saturated rings. The fourth-order valence-electron chi connectivity index (χ4n) is 3.04. The Hall–Kier alpha value is -3.71. The lowest BCUT2D eigenvalue weighted by atomic mass is 10.1. The average Bonchev–Trinajstić information content (AvgIpc) is 3.23. The van der Waals surface area contributed by atoms with Crippen LogP contribution in [0.2, 0.25) is 0 Å². The summed E-state index contributed by atoms with van der Waals surface area (Å²) in [7, 11) is -3.49. The fourth-order valence-corrected chi connectivity index (χ4v) is 4.39. The van der Waals surface area contributed by atoms with Gasteiger partial charge in [-0.1, -0.05) is 48.5 Å². The molecule has 4 rings (SSSR count). The topological polar surface area (TPSA) is 81.1 Å². The molecule has 4 aromatic rings. The second kappa shape index (κ2) is 8.34. The molecule has 0 spiro atoms. The summed E-state index contributed by atoms with van der Waals surface area (Å²) in [5.41, 5.74) is 1.79. The van der Waals surface area contributed by atoms with Crippen LogP contribution in [-0.4, -0.2) is 24.1 Å². The number of anilines is 1. The van der Waals surface area contributed by atoms with E-state index in [4.69, 9.17) is 0 Å². The molecule has 7 heteroatoms. The van der Waals surface area contributed by atoms with E-state index in [0.717, 1.165) is 5.69 Å². The molecule has 150 valence electrons. The number of hydrogen-bond donors (Lipinski definition) is 1. The highest BCUT2D eigenvalue weighted by Crippen LogP contribution is 2.18. The van der Waals surface area contributed by atoms with Crippen molar-refractivity contribution >= 4 is 21.6 Å². The summed E-state index contributed by atoms with van der Waals surface area (Å²) >= 11 is 0. The van der Waals surface area contributed by atoms with Gasteiger partial charge in [0.05, 0.1) is 16.3 Å². The Morgan fingerprint density at radius 1 is 0.867 bits per heavy atom. The Morgan fingerprint density at radius 3 is 2.30 bits per heavy atom. The second-order valence-corrected chi connectivity index (χ2v) is 8.70. The zero-order valence-corrected chi connectivity index (χ0v) is 16.8. The zero-order chi connectivity index (χ0) is 21.0. The number of carbonyl (C=O) groups is 1. The Balaban J connectivity index is 1.49. The number of hydrogen-bond acceptors (Lipinski definition) is 4. The third kappa shape index (κ3) is 4.47. The summed E-state index contributed by atoms with van der Waals surface area (Å²) in [5.74, 6) is -0.126. The van der Waals surface area contributed by atoms with Gasteiger partial charge in [-0.15, -0.1) is 0 Å². The molecule has 0 saturated carbocycles. The number of amides is 1. The highest BCUT2D eigenvalue weighted by Gasteiger charge is 2.16. The Labute approximate surface area is 174 Å². The van der Waals surface area contributed by atoms with E-state index in [1.54, 1.807) is 71.5 Å². The van der Waals surface area contributed by atoms with Crippen LogP contribution in [-0.2, 0) is 15.6 Å². The molecule has 3 aromatic carbocycles. The smallest absolute Gasteiger partial charge is 0.256 e. The molecule has 0 bridgehead atoms. The van der Waals surface area contributed by atoms with E-state index in [1.807, 2.05) is 30.3 Å². The van der Waals surface area contributed by atoms with Crippen molar-refractivity contribution in [1.29, 1.82) is 0 Å². The average molecular weight is 417 g/mol. The van der Waals surface area contributed by atoms with Crippen molar-refractivity contribution in [3.63, 3.8) is 0 Å². The molecule has 0 radical (unpaired) electrons. The van der Waals surface area contributed by atoms with E-state index >= 15 is 0 Å². The first kappa shape index (κ1) is 19.6. The first-order chi connectivity index (χ1) is 14.5. The number of para-hydroxylation sites is 1. The molecule has 1 heterocycles. The van der Waals surface area contributed by atoms with E-state index in [0.29, 0.717) is 16.9 Å². The molecule has 0 unspecified atom stereocenters. The molecule has 6 nitrogen and oxygen atoms in total. The Kier molecular flexibility index (Phi) is 5.45. The minimum Gasteiger partial charge on any atom is -0.305 e. The van der Waals surface area contributed by atoms with Gasteiger partial charge in [-0.05, 0) is 42.0 Å². The van der Waals surface area contributed by atoms with Crippen molar-refractivity contribution in [2.24, 2.45) is 0 Å². The monoisotopic (exact) mass is 417 g/mol. The number of aromatic nitrogens is 2. The van der Waals surface area contributed by atoms with E-state index in [2.05, 4.69) is 10.4 Å². The van der Waals surface area contributed by atoms with Crippen LogP contribution in [0.1, 0.15) is 15.9 Å². The quantitative estimate of drug-likeness (QED) is 0.512. The maximum Gasteiger partial charge on any atom is 0.256 e. The number of nitrogens with one attached hydrogen (secondary N) is 1. The van der Waals surface area contributed by atoms with Crippen LogP contribution in [0.3, 0.4) is 0 Å². The minimum atomic E-state index is -3.49. The highest BCUT2D eigenvalue weighted by molar-refractivity contribution is 7.90. The standard InChI is InChI=1S/C23H19N3O3S/c27-23(24-22-14-15-26(25-22)20-10-3-1-4-11-20)19-9-7-8-18(16-19)17-30(28,29)21-12-5-2-6-13-21/h1-16H,17H2,(H,24,25,27). The van der Waals surface area contributed by atoms with Crippen molar-refractivity contribution in [1.82, 2.24) is 9.78 Å². The molecule has 0 aliphatic carbocycles.